The van der Waals surface area contributed by atoms with Crippen LogP contribution in [0.1, 0.15) is 27.0 Å². The first-order valence-electron chi connectivity index (χ1n) is 9.17. The van der Waals surface area contributed by atoms with Gasteiger partial charge in [0.05, 0.1) is 0 Å². The lowest BCUT2D eigenvalue weighted by Gasteiger charge is -2.13. The molecule has 0 aliphatic carbocycles. The lowest BCUT2D eigenvalue weighted by Crippen LogP contribution is -2.19. The maximum atomic E-state index is 12.3. The summed E-state index contributed by atoms with van der Waals surface area (Å²) < 4.78 is 0. The van der Waals surface area contributed by atoms with Crippen LogP contribution in [0.4, 0.5) is 16.2 Å². The smallest absolute Gasteiger partial charge is 0.323 e. The van der Waals surface area contributed by atoms with Crippen molar-refractivity contribution < 1.29 is 9.59 Å². The van der Waals surface area contributed by atoms with Gasteiger partial charge < -0.3 is 16.0 Å². The van der Waals surface area contributed by atoms with E-state index >= 15 is 0 Å². The molecular weight excluding hydrogens is 350 g/mol. The molecule has 3 amide bonds. The number of amides is 3. The van der Waals surface area contributed by atoms with Gasteiger partial charge in [-0.15, -0.1) is 0 Å². The molecule has 0 saturated heterocycles. The predicted octanol–water partition coefficient (Wildman–Crippen LogP) is 4.86. The first kappa shape index (κ1) is 17.8. The van der Waals surface area contributed by atoms with Crippen molar-refractivity contribution in [2.75, 3.05) is 10.6 Å². The molecule has 0 aromatic heterocycles. The van der Waals surface area contributed by atoms with Crippen LogP contribution in [-0.4, -0.2) is 11.9 Å². The third kappa shape index (κ3) is 3.47. The monoisotopic (exact) mass is 371 g/mol. The Hall–Kier alpha value is -3.60. The number of rotatable bonds is 3. The fraction of sp³-hybridized carbons (Fsp3) is 0.130. The molecule has 0 spiro atoms. The van der Waals surface area contributed by atoms with Gasteiger partial charge in [0.2, 0.25) is 0 Å². The third-order valence-corrected chi connectivity index (χ3v) is 4.90. The molecule has 5 heteroatoms. The number of nitrogens with one attached hydrogen (secondary N) is 3. The first-order chi connectivity index (χ1) is 13.5. The fourth-order valence-electron chi connectivity index (χ4n) is 3.57. The molecule has 1 heterocycles. The molecule has 1 aliphatic heterocycles. The standard InChI is InChI=1S/C23H21N3O2/c1-14-5-3-6-16(11-14)25-23(28)26-17-9-10-18(15(2)12-17)19-7-4-8-20-21(19)13-24-22(20)27/h3-12H,13H2,1-2H3,(H,24,27)(H2,25,26,28). The molecule has 0 saturated carbocycles. The van der Waals surface area contributed by atoms with Crippen LogP contribution in [0.5, 0.6) is 0 Å². The lowest BCUT2D eigenvalue weighted by molar-refractivity contribution is 0.0965. The van der Waals surface area contributed by atoms with Crippen molar-refractivity contribution in [3.63, 3.8) is 0 Å². The first-order valence-corrected chi connectivity index (χ1v) is 9.17. The number of aryl methyl sites for hydroxylation is 2. The van der Waals surface area contributed by atoms with Gasteiger partial charge in [0.25, 0.3) is 5.91 Å². The van der Waals surface area contributed by atoms with E-state index in [0.717, 1.165) is 39.1 Å². The summed E-state index contributed by atoms with van der Waals surface area (Å²) >= 11 is 0. The van der Waals surface area contributed by atoms with Gasteiger partial charge in [-0.3, -0.25) is 4.79 Å². The molecule has 4 rings (SSSR count). The maximum Gasteiger partial charge on any atom is 0.323 e. The van der Waals surface area contributed by atoms with Crippen LogP contribution in [0.3, 0.4) is 0 Å². The summed E-state index contributed by atoms with van der Waals surface area (Å²) in [6.07, 6.45) is 0. The van der Waals surface area contributed by atoms with Crippen LogP contribution in [0.25, 0.3) is 11.1 Å². The van der Waals surface area contributed by atoms with Gasteiger partial charge in [-0.2, -0.15) is 0 Å². The Bertz CT molecular complexity index is 1090. The fourth-order valence-corrected chi connectivity index (χ4v) is 3.57. The number of benzene rings is 3. The normalized spacial score (nSPS) is 12.3. The van der Waals surface area contributed by atoms with E-state index in [4.69, 9.17) is 0 Å². The number of hydrogen-bond acceptors (Lipinski definition) is 2. The minimum absolute atomic E-state index is 0.0272. The van der Waals surface area contributed by atoms with Crippen LogP contribution in [0.2, 0.25) is 0 Å². The van der Waals surface area contributed by atoms with Gasteiger partial charge in [0, 0.05) is 23.5 Å². The van der Waals surface area contributed by atoms with Crippen molar-refractivity contribution in [3.8, 4) is 11.1 Å². The number of carbonyl (C=O) groups excluding carboxylic acids is 2. The Morgan fingerprint density at radius 2 is 1.57 bits per heavy atom. The predicted molar refractivity (Wildman–Crippen MR) is 112 cm³/mol. The quantitative estimate of drug-likeness (QED) is 0.615. The molecule has 3 N–H and O–H groups in total. The Morgan fingerprint density at radius 1 is 0.857 bits per heavy atom. The highest BCUT2D eigenvalue weighted by molar-refractivity contribution is 6.01. The van der Waals surface area contributed by atoms with Crippen molar-refractivity contribution in [1.29, 1.82) is 0 Å². The highest BCUT2D eigenvalue weighted by Gasteiger charge is 2.22. The van der Waals surface area contributed by atoms with Crippen LogP contribution in [-0.2, 0) is 6.54 Å². The number of anilines is 2. The van der Waals surface area contributed by atoms with Gasteiger partial charge in [-0.1, -0.05) is 30.3 Å². The SMILES string of the molecule is Cc1cccc(NC(=O)Nc2ccc(-c3cccc4c3CNC4=O)c(C)c2)c1. The second-order valence-electron chi connectivity index (χ2n) is 6.99. The van der Waals surface area contributed by atoms with Crippen LogP contribution >= 0.6 is 0 Å². The van der Waals surface area contributed by atoms with E-state index in [1.807, 2.05) is 74.5 Å². The van der Waals surface area contributed by atoms with Crippen molar-refractivity contribution in [2.24, 2.45) is 0 Å². The molecular formula is C23H21N3O2. The largest absolute Gasteiger partial charge is 0.348 e. The molecule has 0 atom stereocenters. The molecule has 0 fully saturated rings. The van der Waals surface area contributed by atoms with E-state index in [-0.39, 0.29) is 11.9 Å². The van der Waals surface area contributed by atoms with Crippen molar-refractivity contribution in [3.05, 3.63) is 82.9 Å². The summed E-state index contributed by atoms with van der Waals surface area (Å²) in [7, 11) is 0. The van der Waals surface area contributed by atoms with Gasteiger partial charge in [0.15, 0.2) is 0 Å². The molecule has 140 valence electrons. The third-order valence-electron chi connectivity index (χ3n) is 4.90. The maximum absolute atomic E-state index is 12.3. The highest BCUT2D eigenvalue weighted by Crippen LogP contribution is 2.32. The van der Waals surface area contributed by atoms with E-state index in [2.05, 4.69) is 16.0 Å². The summed E-state index contributed by atoms with van der Waals surface area (Å²) in [5.74, 6) is -0.0272. The lowest BCUT2D eigenvalue weighted by atomic mass is 9.93. The molecule has 1 aliphatic rings. The zero-order valence-electron chi connectivity index (χ0n) is 15.8. The van der Waals surface area contributed by atoms with E-state index in [0.29, 0.717) is 12.2 Å². The van der Waals surface area contributed by atoms with Crippen molar-refractivity contribution in [2.45, 2.75) is 20.4 Å². The summed E-state index contributed by atoms with van der Waals surface area (Å²) in [5.41, 5.74) is 7.44. The summed E-state index contributed by atoms with van der Waals surface area (Å²) in [6.45, 7) is 4.53. The molecule has 0 bridgehead atoms. The van der Waals surface area contributed by atoms with E-state index < -0.39 is 0 Å². The Kier molecular flexibility index (Phi) is 4.57. The molecule has 28 heavy (non-hydrogen) atoms. The Morgan fingerprint density at radius 3 is 2.32 bits per heavy atom. The van der Waals surface area contributed by atoms with Crippen molar-refractivity contribution >= 4 is 23.3 Å². The molecule has 3 aromatic rings. The van der Waals surface area contributed by atoms with E-state index in [9.17, 15) is 9.59 Å². The van der Waals surface area contributed by atoms with Crippen LogP contribution < -0.4 is 16.0 Å². The molecule has 0 unspecified atom stereocenters. The van der Waals surface area contributed by atoms with Gasteiger partial charge in [0.1, 0.15) is 0 Å². The number of hydrogen-bond donors (Lipinski definition) is 3. The summed E-state index contributed by atoms with van der Waals surface area (Å²) in [6, 6.07) is 18.9. The zero-order valence-corrected chi connectivity index (χ0v) is 15.8. The van der Waals surface area contributed by atoms with E-state index in [1.165, 1.54) is 0 Å². The second kappa shape index (κ2) is 7.19. The van der Waals surface area contributed by atoms with Crippen molar-refractivity contribution in [1.82, 2.24) is 5.32 Å². The number of urea groups is 1. The topological polar surface area (TPSA) is 70.2 Å². The molecule has 3 aromatic carbocycles. The number of carbonyl (C=O) groups is 2. The Balaban J connectivity index is 1.54. The van der Waals surface area contributed by atoms with Gasteiger partial charge in [-0.05, 0) is 72.0 Å². The average Bonchev–Trinajstić information content (AvgIpc) is 3.03. The molecule has 5 nitrogen and oxygen atoms in total. The number of fused-ring (bicyclic) bond motifs is 1. The second-order valence-corrected chi connectivity index (χ2v) is 6.99. The van der Waals surface area contributed by atoms with Crippen LogP contribution in [0.15, 0.2) is 60.7 Å². The Labute approximate surface area is 163 Å². The highest BCUT2D eigenvalue weighted by atomic mass is 16.2. The van der Waals surface area contributed by atoms with E-state index in [1.54, 1.807) is 0 Å². The zero-order chi connectivity index (χ0) is 19.7. The van der Waals surface area contributed by atoms with Gasteiger partial charge >= 0.3 is 6.03 Å². The van der Waals surface area contributed by atoms with Gasteiger partial charge in [-0.25, -0.2) is 4.79 Å². The van der Waals surface area contributed by atoms with Crippen LogP contribution in [0, 0.1) is 13.8 Å². The minimum atomic E-state index is -0.284. The summed E-state index contributed by atoms with van der Waals surface area (Å²) in [4.78, 5) is 24.2. The minimum Gasteiger partial charge on any atom is -0.348 e. The average molecular weight is 371 g/mol. The summed E-state index contributed by atoms with van der Waals surface area (Å²) in [5, 5.41) is 8.59. The molecule has 0 radical (unpaired) electrons.